The number of hydrogen-bond donors (Lipinski definition) is 3. The van der Waals surface area contributed by atoms with Crippen LogP contribution in [0, 0.1) is 0 Å². The molecule has 1 aliphatic heterocycles. The number of amides is 2. The largest absolute Gasteiger partial charge is 0.385 e. The number of carbonyl (C=O) groups is 2. The van der Waals surface area contributed by atoms with Crippen LogP contribution in [-0.2, 0) is 27.3 Å². The first-order valence-electron chi connectivity index (χ1n) is 9.68. The van der Waals surface area contributed by atoms with E-state index in [1.807, 2.05) is 6.07 Å². The van der Waals surface area contributed by atoms with Crippen molar-refractivity contribution in [3.63, 3.8) is 0 Å². The van der Waals surface area contributed by atoms with Crippen LogP contribution >= 0.6 is 11.3 Å². The minimum Gasteiger partial charge on any atom is -0.385 e. The Bertz CT molecular complexity index is 779. The van der Waals surface area contributed by atoms with Gasteiger partial charge in [-0.05, 0) is 23.4 Å². The first-order chi connectivity index (χ1) is 13.7. The average molecular weight is 403 g/mol. The van der Waals surface area contributed by atoms with Gasteiger partial charge in [-0.1, -0.05) is 30.3 Å². The lowest BCUT2D eigenvalue weighted by Gasteiger charge is -2.32. The second-order valence-electron chi connectivity index (χ2n) is 6.98. The molecule has 1 aromatic carbocycles. The van der Waals surface area contributed by atoms with Gasteiger partial charge in [0.25, 0.3) is 0 Å². The predicted molar refractivity (Wildman–Crippen MR) is 109 cm³/mol. The van der Waals surface area contributed by atoms with E-state index in [2.05, 4.69) is 46.3 Å². The molecular weight excluding hydrogens is 374 g/mol. The van der Waals surface area contributed by atoms with Crippen molar-refractivity contribution in [2.75, 3.05) is 33.4 Å². The summed E-state index contributed by atoms with van der Waals surface area (Å²) in [7, 11) is 1.61. The second kappa shape index (κ2) is 10.4. The van der Waals surface area contributed by atoms with Crippen molar-refractivity contribution in [1.82, 2.24) is 10.6 Å². The zero-order chi connectivity index (χ0) is 19.8. The lowest BCUT2D eigenvalue weighted by atomic mass is 9.98. The predicted octanol–water partition coefficient (Wildman–Crippen LogP) is 0.699. The lowest BCUT2D eigenvalue weighted by Crippen LogP contribution is -3.12. The first kappa shape index (κ1) is 20.5. The van der Waals surface area contributed by atoms with Gasteiger partial charge in [-0.3, -0.25) is 9.59 Å². The number of hydrogen-bond acceptors (Lipinski definition) is 4. The number of benzene rings is 1. The van der Waals surface area contributed by atoms with Crippen LogP contribution in [0.2, 0.25) is 0 Å². The van der Waals surface area contributed by atoms with Crippen LogP contribution in [0.25, 0.3) is 0 Å². The molecule has 3 N–H and O–H groups in total. The van der Waals surface area contributed by atoms with Gasteiger partial charge in [-0.2, -0.15) is 0 Å². The summed E-state index contributed by atoms with van der Waals surface area (Å²) in [6, 6.07) is 12.8. The number of carbonyl (C=O) groups excluding carboxylic acids is 2. The highest BCUT2D eigenvalue weighted by Crippen LogP contribution is 2.18. The summed E-state index contributed by atoms with van der Waals surface area (Å²) >= 11 is 1.70. The SMILES string of the molecule is COCCCNC(=O)C(=O)NC[C@@H](c1cccs1)[NH+]1CCc2ccccc2C1. The van der Waals surface area contributed by atoms with Crippen molar-refractivity contribution < 1.29 is 19.2 Å². The van der Waals surface area contributed by atoms with E-state index in [1.165, 1.54) is 20.9 Å². The Morgan fingerprint density at radius 2 is 1.93 bits per heavy atom. The molecule has 0 fully saturated rings. The highest BCUT2D eigenvalue weighted by atomic mass is 32.1. The Kier molecular flexibility index (Phi) is 7.59. The van der Waals surface area contributed by atoms with Gasteiger partial charge in [0.15, 0.2) is 0 Å². The summed E-state index contributed by atoms with van der Waals surface area (Å²) in [6.07, 6.45) is 1.71. The van der Waals surface area contributed by atoms with Crippen LogP contribution in [0.5, 0.6) is 0 Å². The maximum absolute atomic E-state index is 12.2. The van der Waals surface area contributed by atoms with Crippen molar-refractivity contribution in [2.24, 2.45) is 0 Å². The fraction of sp³-hybridized carbons (Fsp3) is 0.429. The lowest BCUT2D eigenvalue weighted by molar-refractivity contribution is -0.945. The maximum Gasteiger partial charge on any atom is 0.309 e. The van der Waals surface area contributed by atoms with Crippen molar-refractivity contribution in [3.8, 4) is 0 Å². The summed E-state index contributed by atoms with van der Waals surface area (Å²) in [5, 5.41) is 7.53. The highest BCUT2D eigenvalue weighted by molar-refractivity contribution is 7.10. The van der Waals surface area contributed by atoms with Crippen molar-refractivity contribution in [1.29, 1.82) is 0 Å². The molecule has 0 radical (unpaired) electrons. The normalized spacial score (nSPS) is 16.8. The van der Waals surface area contributed by atoms with Gasteiger partial charge < -0.3 is 20.3 Å². The van der Waals surface area contributed by atoms with Crippen molar-refractivity contribution >= 4 is 23.2 Å². The van der Waals surface area contributed by atoms with Gasteiger partial charge >= 0.3 is 11.8 Å². The molecule has 0 bridgehead atoms. The number of thiophene rings is 1. The van der Waals surface area contributed by atoms with Crippen LogP contribution in [-0.4, -0.2) is 45.2 Å². The minimum atomic E-state index is -0.583. The Labute approximate surface area is 169 Å². The Morgan fingerprint density at radius 3 is 2.68 bits per heavy atom. The van der Waals surface area contributed by atoms with E-state index in [1.54, 1.807) is 18.4 Å². The van der Waals surface area contributed by atoms with Gasteiger partial charge in [0.1, 0.15) is 12.6 Å². The molecule has 3 rings (SSSR count). The Morgan fingerprint density at radius 1 is 1.14 bits per heavy atom. The van der Waals surface area contributed by atoms with Gasteiger partial charge in [0.05, 0.1) is 18.0 Å². The summed E-state index contributed by atoms with van der Waals surface area (Å²) in [5.41, 5.74) is 2.78. The molecule has 0 spiro atoms. The molecule has 1 aliphatic rings. The van der Waals surface area contributed by atoms with Crippen LogP contribution < -0.4 is 15.5 Å². The molecular formula is C21H28N3O3S+. The molecule has 1 aromatic heterocycles. The number of nitrogens with one attached hydrogen (secondary N) is 3. The summed E-state index contributed by atoms with van der Waals surface area (Å²) in [4.78, 5) is 26.8. The van der Waals surface area contributed by atoms with Gasteiger partial charge in [0.2, 0.25) is 0 Å². The van der Waals surface area contributed by atoms with Crippen LogP contribution in [0.15, 0.2) is 41.8 Å². The highest BCUT2D eigenvalue weighted by Gasteiger charge is 2.30. The van der Waals surface area contributed by atoms with E-state index in [0.29, 0.717) is 26.1 Å². The van der Waals surface area contributed by atoms with Gasteiger partial charge in [0, 0.05) is 32.2 Å². The fourth-order valence-corrected chi connectivity index (χ4v) is 4.49. The third-order valence-electron chi connectivity index (χ3n) is 5.11. The van der Waals surface area contributed by atoms with E-state index in [4.69, 9.17) is 4.74 Å². The second-order valence-corrected chi connectivity index (χ2v) is 7.96. The molecule has 0 aliphatic carbocycles. The van der Waals surface area contributed by atoms with E-state index < -0.39 is 11.8 Å². The molecule has 1 unspecified atom stereocenters. The number of fused-ring (bicyclic) bond motifs is 1. The van der Waals surface area contributed by atoms with Crippen molar-refractivity contribution in [3.05, 3.63) is 57.8 Å². The van der Waals surface area contributed by atoms with Gasteiger partial charge in [-0.25, -0.2) is 0 Å². The molecule has 150 valence electrons. The van der Waals surface area contributed by atoms with E-state index >= 15 is 0 Å². The monoisotopic (exact) mass is 402 g/mol. The molecule has 2 atom stereocenters. The molecule has 28 heavy (non-hydrogen) atoms. The number of rotatable bonds is 8. The quantitative estimate of drug-likeness (QED) is 0.450. The summed E-state index contributed by atoms with van der Waals surface area (Å²) in [6.45, 7) is 3.38. The van der Waals surface area contributed by atoms with E-state index in [-0.39, 0.29) is 6.04 Å². The number of quaternary nitrogens is 1. The molecule has 0 saturated carbocycles. The van der Waals surface area contributed by atoms with Crippen LogP contribution in [0.3, 0.4) is 0 Å². The first-order valence-corrected chi connectivity index (χ1v) is 10.6. The van der Waals surface area contributed by atoms with Crippen LogP contribution in [0.4, 0.5) is 0 Å². The van der Waals surface area contributed by atoms with Crippen LogP contribution in [0.1, 0.15) is 28.5 Å². The molecule has 2 aromatic rings. The number of methoxy groups -OCH3 is 1. The smallest absolute Gasteiger partial charge is 0.309 e. The fourth-order valence-electron chi connectivity index (χ4n) is 3.61. The molecule has 7 heteroatoms. The molecule has 6 nitrogen and oxygen atoms in total. The molecule has 0 saturated heterocycles. The van der Waals surface area contributed by atoms with Crippen molar-refractivity contribution in [2.45, 2.75) is 25.4 Å². The molecule has 2 heterocycles. The summed E-state index contributed by atoms with van der Waals surface area (Å²) in [5.74, 6) is -1.16. The van der Waals surface area contributed by atoms with Gasteiger partial charge in [-0.15, -0.1) is 11.3 Å². The Hall–Kier alpha value is -2.22. The topological polar surface area (TPSA) is 71.9 Å². The van der Waals surface area contributed by atoms with E-state index in [9.17, 15) is 9.59 Å². The minimum absolute atomic E-state index is 0.138. The third-order valence-corrected chi connectivity index (χ3v) is 6.10. The maximum atomic E-state index is 12.2. The zero-order valence-corrected chi connectivity index (χ0v) is 17.0. The molecule has 2 amide bonds. The standard InChI is InChI=1S/C21H27N3O3S/c1-27-12-5-10-22-20(25)21(26)23-14-18(19-8-4-13-28-19)24-11-9-16-6-2-3-7-17(16)15-24/h2-4,6-8,13,18H,5,9-12,14-15H2,1H3,(H,22,25)(H,23,26)/p+1/t18-/m0/s1. The third kappa shape index (κ3) is 5.41. The average Bonchev–Trinajstić information content (AvgIpc) is 3.25. The van der Waals surface area contributed by atoms with E-state index in [0.717, 1.165) is 19.5 Å². The number of ether oxygens (including phenoxy) is 1. The Balaban J connectivity index is 1.59. The zero-order valence-electron chi connectivity index (χ0n) is 16.2. The summed E-state index contributed by atoms with van der Waals surface area (Å²) < 4.78 is 4.94.